The number of fused-ring (bicyclic) bond motifs is 1. The zero-order valence-electron chi connectivity index (χ0n) is 7.41. The van der Waals surface area contributed by atoms with Crippen LogP contribution in [0.4, 0.5) is 0 Å². The summed E-state index contributed by atoms with van der Waals surface area (Å²) in [6.45, 7) is 0. The molecule has 1 aromatic heterocycles. The first kappa shape index (κ1) is 8.78. The van der Waals surface area contributed by atoms with Gasteiger partial charge in [0.05, 0.1) is 11.0 Å². The van der Waals surface area contributed by atoms with Crippen LogP contribution in [0.1, 0.15) is 0 Å². The molecule has 0 unspecified atom stereocenters. The number of rotatable bonds is 0. The minimum Gasteiger partial charge on any atom is -0.320 e. The fourth-order valence-corrected chi connectivity index (χ4v) is 1.84. The third-order valence-electron chi connectivity index (χ3n) is 2.23. The van der Waals surface area contributed by atoms with Gasteiger partial charge in [-0.2, -0.15) is 0 Å². The van der Waals surface area contributed by atoms with Crippen molar-refractivity contribution in [2.75, 3.05) is 0 Å². The second-order valence-corrected chi connectivity index (χ2v) is 3.84. The highest BCUT2D eigenvalue weighted by Crippen LogP contribution is 2.19. The maximum atomic E-state index is 5.90. The Balaban J connectivity index is 3.04. The Hall–Kier alpha value is -0.800. The lowest BCUT2D eigenvalue weighted by molar-refractivity contribution is 0.834. The van der Waals surface area contributed by atoms with Crippen LogP contribution in [0.2, 0.25) is 5.02 Å². The fraction of sp³-hybridized carbons (Fsp3) is 0.222. The predicted molar refractivity (Wildman–Crippen MR) is 57.7 cm³/mol. The molecule has 0 N–H and O–H groups in total. The predicted octanol–water partition coefficient (Wildman–Crippen LogP) is 2.90. The number of halogens is 1. The van der Waals surface area contributed by atoms with Crippen molar-refractivity contribution < 1.29 is 0 Å². The lowest BCUT2D eigenvalue weighted by atomic mass is 10.3. The molecule has 0 bridgehead atoms. The van der Waals surface area contributed by atoms with Crippen molar-refractivity contribution in [3.63, 3.8) is 0 Å². The molecule has 1 aromatic carbocycles. The molecular formula is C9H9ClN2S. The lowest BCUT2D eigenvalue weighted by Crippen LogP contribution is -1.90. The van der Waals surface area contributed by atoms with Gasteiger partial charge in [-0.05, 0) is 30.4 Å². The quantitative estimate of drug-likeness (QED) is 0.611. The average molecular weight is 213 g/mol. The number of aromatic nitrogens is 2. The summed E-state index contributed by atoms with van der Waals surface area (Å²) >= 11 is 11.1. The van der Waals surface area contributed by atoms with Gasteiger partial charge in [0.1, 0.15) is 0 Å². The monoisotopic (exact) mass is 212 g/mol. The van der Waals surface area contributed by atoms with Crippen LogP contribution in [0, 0.1) is 4.77 Å². The molecule has 0 fully saturated rings. The Morgan fingerprint density at radius 3 is 2.46 bits per heavy atom. The van der Waals surface area contributed by atoms with E-state index in [0.29, 0.717) is 0 Å². The Morgan fingerprint density at radius 2 is 1.77 bits per heavy atom. The maximum absolute atomic E-state index is 5.90. The van der Waals surface area contributed by atoms with Crippen LogP contribution in [-0.2, 0) is 14.1 Å². The van der Waals surface area contributed by atoms with Gasteiger partial charge in [-0.3, -0.25) is 0 Å². The molecule has 2 rings (SSSR count). The van der Waals surface area contributed by atoms with E-state index in [9.17, 15) is 0 Å². The number of aryl methyl sites for hydroxylation is 2. The van der Waals surface area contributed by atoms with Crippen LogP contribution < -0.4 is 0 Å². The molecule has 0 radical (unpaired) electrons. The Labute approximate surface area is 86.4 Å². The Morgan fingerprint density at radius 1 is 1.15 bits per heavy atom. The largest absolute Gasteiger partial charge is 0.320 e. The first-order chi connectivity index (χ1) is 6.11. The normalized spacial score (nSPS) is 11.0. The second-order valence-electron chi connectivity index (χ2n) is 3.03. The molecule has 0 spiro atoms. The highest BCUT2D eigenvalue weighted by atomic mass is 35.5. The van der Waals surface area contributed by atoms with Crippen LogP contribution >= 0.6 is 23.8 Å². The highest BCUT2D eigenvalue weighted by Gasteiger charge is 2.04. The zero-order chi connectivity index (χ0) is 9.59. The number of hydrogen-bond donors (Lipinski definition) is 0. The SMILES string of the molecule is Cn1c(=S)n(C)c2cc(Cl)ccc21. The van der Waals surface area contributed by atoms with E-state index < -0.39 is 0 Å². The van der Waals surface area contributed by atoms with Crippen molar-refractivity contribution in [1.82, 2.24) is 9.13 Å². The van der Waals surface area contributed by atoms with Crippen LogP contribution in [-0.4, -0.2) is 9.13 Å². The molecule has 0 amide bonds. The van der Waals surface area contributed by atoms with Crippen LogP contribution in [0.5, 0.6) is 0 Å². The number of nitrogens with zero attached hydrogens (tertiary/aromatic N) is 2. The van der Waals surface area contributed by atoms with Crippen molar-refractivity contribution in [2.24, 2.45) is 14.1 Å². The first-order valence-electron chi connectivity index (χ1n) is 3.92. The van der Waals surface area contributed by atoms with Crippen molar-refractivity contribution in [3.8, 4) is 0 Å². The highest BCUT2D eigenvalue weighted by molar-refractivity contribution is 7.71. The van der Waals surface area contributed by atoms with E-state index in [0.717, 1.165) is 20.8 Å². The number of benzene rings is 1. The molecule has 2 aromatic rings. The van der Waals surface area contributed by atoms with Gasteiger partial charge in [0.2, 0.25) is 0 Å². The van der Waals surface area contributed by atoms with Gasteiger partial charge in [-0.25, -0.2) is 0 Å². The van der Waals surface area contributed by atoms with Gasteiger partial charge in [-0.1, -0.05) is 11.6 Å². The van der Waals surface area contributed by atoms with Crippen molar-refractivity contribution in [1.29, 1.82) is 0 Å². The zero-order valence-corrected chi connectivity index (χ0v) is 8.99. The number of imidazole rings is 1. The van der Waals surface area contributed by atoms with Crippen LogP contribution in [0.25, 0.3) is 11.0 Å². The smallest absolute Gasteiger partial charge is 0.180 e. The van der Waals surface area contributed by atoms with E-state index >= 15 is 0 Å². The summed E-state index contributed by atoms with van der Waals surface area (Å²) in [5.74, 6) is 0. The summed E-state index contributed by atoms with van der Waals surface area (Å²) in [7, 11) is 3.90. The van der Waals surface area contributed by atoms with E-state index in [1.807, 2.05) is 41.4 Å². The van der Waals surface area contributed by atoms with Gasteiger partial charge in [0.25, 0.3) is 0 Å². The summed E-state index contributed by atoms with van der Waals surface area (Å²) in [4.78, 5) is 0. The summed E-state index contributed by atoms with van der Waals surface area (Å²) in [6.07, 6.45) is 0. The van der Waals surface area contributed by atoms with E-state index in [4.69, 9.17) is 23.8 Å². The molecule has 68 valence electrons. The third kappa shape index (κ3) is 1.19. The van der Waals surface area contributed by atoms with E-state index in [1.165, 1.54) is 0 Å². The minimum atomic E-state index is 0.740. The molecule has 0 aliphatic carbocycles. The first-order valence-corrected chi connectivity index (χ1v) is 4.71. The van der Waals surface area contributed by atoms with Crippen molar-refractivity contribution in [2.45, 2.75) is 0 Å². The topological polar surface area (TPSA) is 9.86 Å². The Bertz CT molecular complexity index is 524. The molecule has 0 saturated carbocycles. The fourth-order valence-electron chi connectivity index (χ4n) is 1.48. The molecule has 13 heavy (non-hydrogen) atoms. The third-order valence-corrected chi connectivity index (χ3v) is 3.02. The minimum absolute atomic E-state index is 0.740. The molecule has 0 atom stereocenters. The van der Waals surface area contributed by atoms with Gasteiger partial charge < -0.3 is 9.13 Å². The standard InChI is InChI=1S/C9H9ClN2S/c1-11-7-4-3-6(10)5-8(7)12(2)9(11)13/h3-5H,1-2H3. The summed E-state index contributed by atoms with van der Waals surface area (Å²) in [6, 6.07) is 5.78. The lowest BCUT2D eigenvalue weighted by Gasteiger charge is -1.94. The molecule has 1 heterocycles. The molecule has 2 nitrogen and oxygen atoms in total. The van der Waals surface area contributed by atoms with E-state index in [1.54, 1.807) is 0 Å². The van der Waals surface area contributed by atoms with Gasteiger partial charge in [0, 0.05) is 19.1 Å². The number of hydrogen-bond acceptors (Lipinski definition) is 1. The summed E-state index contributed by atoms with van der Waals surface area (Å²) in [5, 5.41) is 0.740. The maximum Gasteiger partial charge on any atom is 0.180 e. The van der Waals surface area contributed by atoms with E-state index in [-0.39, 0.29) is 0 Å². The summed E-state index contributed by atoms with van der Waals surface area (Å²) < 4.78 is 4.73. The van der Waals surface area contributed by atoms with Crippen molar-refractivity contribution >= 4 is 34.9 Å². The molecule has 0 aliphatic heterocycles. The Kier molecular flexibility index (Phi) is 1.93. The van der Waals surface area contributed by atoms with E-state index in [2.05, 4.69) is 0 Å². The average Bonchev–Trinajstić information content (AvgIpc) is 2.32. The molecule has 4 heteroatoms. The molecule has 0 saturated heterocycles. The second kappa shape index (κ2) is 2.86. The van der Waals surface area contributed by atoms with Crippen molar-refractivity contribution in [3.05, 3.63) is 28.0 Å². The van der Waals surface area contributed by atoms with Gasteiger partial charge >= 0.3 is 0 Å². The van der Waals surface area contributed by atoms with Gasteiger partial charge in [0.15, 0.2) is 4.77 Å². The summed E-state index contributed by atoms with van der Waals surface area (Å²) in [5.41, 5.74) is 2.18. The van der Waals surface area contributed by atoms with Crippen LogP contribution in [0.3, 0.4) is 0 Å². The van der Waals surface area contributed by atoms with Crippen LogP contribution in [0.15, 0.2) is 18.2 Å². The molecular weight excluding hydrogens is 204 g/mol. The van der Waals surface area contributed by atoms with Gasteiger partial charge in [-0.15, -0.1) is 0 Å². The molecule has 0 aliphatic rings.